The van der Waals surface area contributed by atoms with Crippen LogP contribution < -0.4 is 10.6 Å². The Morgan fingerprint density at radius 1 is 0.857 bits per heavy atom. The quantitative estimate of drug-likeness (QED) is 0.219. The minimum atomic E-state index is -0.273. The van der Waals surface area contributed by atoms with Gasteiger partial charge in [0.25, 0.3) is 0 Å². The highest BCUT2D eigenvalue weighted by molar-refractivity contribution is 6.06. The van der Waals surface area contributed by atoms with Crippen LogP contribution in [0, 0.1) is 0 Å². The zero-order chi connectivity index (χ0) is 20.8. The second kappa shape index (κ2) is 13.6. The summed E-state index contributed by atoms with van der Waals surface area (Å²) < 4.78 is 0. The van der Waals surface area contributed by atoms with Crippen molar-refractivity contribution in [1.29, 1.82) is 0 Å². The van der Waals surface area contributed by atoms with Gasteiger partial charge in [-0.15, -0.1) is 0 Å². The predicted molar refractivity (Wildman–Crippen MR) is 109 cm³/mol. The molecule has 0 unspecified atom stereocenters. The maximum atomic E-state index is 12.4. The first kappa shape index (κ1) is 23.5. The smallest absolute Gasteiger partial charge is 0.205 e. The van der Waals surface area contributed by atoms with Crippen LogP contribution in [0.5, 0.6) is 0 Å². The van der Waals surface area contributed by atoms with Crippen molar-refractivity contribution in [3.05, 3.63) is 53.1 Å². The van der Waals surface area contributed by atoms with Gasteiger partial charge in [-0.2, -0.15) is 0 Å². The highest BCUT2D eigenvalue weighted by Crippen LogP contribution is 2.06. The van der Waals surface area contributed by atoms with Gasteiger partial charge in [0.05, 0.1) is 0 Å². The number of aliphatic hydroxyl groups excluding tert-OH is 2. The van der Waals surface area contributed by atoms with Gasteiger partial charge < -0.3 is 20.8 Å². The van der Waals surface area contributed by atoms with Gasteiger partial charge in [0, 0.05) is 49.8 Å². The number of allylic oxidation sites excluding steroid dienone is 4. The van der Waals surface area contributed by atoms with E-state index in [1.807, 2.05) is 0 Å². The molecule has 0 aromatic carbocycles. The molecule has 0 radical (unpaired) electrons. The molecule has 0 fully saturated rings. The molecule has 0 spiro atoms. The van der Waals surface area contributed by atoms with Crippen molar-refractivity contribution in [2.24, 2.45) is 0 Å². The first-order valence-corrected chi connectivity index (χ1v) is 9.59. The first-order chi connectivity index (χ1) is 13.5. The molecule has 0 aliphatic rings. The summed E-state index contributed by atoms with van der Waals surface area (Å²) in [5.74, 6) is -0.547. The van der Waals surface area contributed by atoms with Crippen LogP contribution in [0.4, 0.5) is 0 Å². The highest BCUT2D eigenvalue weighted by Gasteiger charge is 2.10. The molecule has 4 N–H and O–H groups in total. The van der Waals surface area contributed by atoms with E-state index in [0.29, 0.717) is 37.3 Å². The summed E-state index contributed by atoms with van der Waals surface area (Å²) in [7, 11) is 0. The molecule has 7 nitrogen and oxygen atoms in total. The van der Waals surface area contributed by atoms with Gasteiger partial charge in [0.2, 0.25) is 11.6 Å². The van der Waals surface area contributed by atoms with E-state index in [1.54, 1.807) is 32.0 Å². The van der Waals surface area contributed by atoms with Crippen molar-refractivity contribution in [1.82, 2.24) is 15.6 Å². The van der Waals surface area contributed by atoms with Crippen molar-refractivity contribution >= 4 is 11.6 Å². The Hall–Kier alpha value is -2.51. The molecule has 1 rings (SSSR count). The second-order valence-corrected chi connectivity index (χ2v) is 6.51. The zero-order valence-corrected chi connectivity index (χ0v) is 16.7. The number of nitrogens with one attached hydrogen (secondary N) is 2. The predicted octanol–water partition coefficient (Wildman–Crippen LogP) is 1.98. The number of unbranched alkanes of at least 4 members (excludes halogenated alkanes) is 2. The van der Waals surface area contributed by atoms with Crippen LogP contribution in [0.15, 0.2) is 41.7 Å². The van der Waals surface area contributed by atoms with Crippen molar-refractivity contribution < 1.29 is 19.8 Å². The summed E-state index contributed by atoms with van der Waals surface area (Å²) >= 11 is 0. The Kier molecular flexibility index (Phi) is 11.5. The van der Waals surface area contributed by atoms with Gasteiger partial charge in [0.15, 0.2) is 0 Å². The van der Waals surface area contributed by atoms with Crippen LogP contribution >= 0.6 is 0 Å². The Bertz CT molecular complexity index is 643. The summed E-state index contributed by atoms with van der Waals surface area (Å²) in [4.78, 5) is 28.9. The van der Waals surface area contributed by atoms with Gasteiger partial charge in [0.1, 0.15) is 11.4 Å². The molecule has 7 heteroatoms. The van der Waals surface area contributed by atoms with Crippen LogP contribution in [0.3, 0.4) is 0 Å². The van der Waals surface area contributed by atoms with E-state index in [9.17, 15) is 9.59 Å². The molecule has 0 saturated carbocycles. The van der Waals surface area contributed by atoms with Crippen LogP contribution in [0.1, 0.15) is 60.5 Å². The lowest BCUT2D eigenvalue weighted by molar-refractivity contribution is 0.103. The number of rotatable bonds is 14. The molecule has 28 heavy (non-hydrogen) atoms. The summed E-state index contributed by atoms with van der Waals surface area (Å²) in [5.41, 5.74) is 1.85. The summed E-state index contributed by atoms with van der Waals surface area (Å²) in [5, 5.41) is 23.8. The maximum Gasteiger partial charge on any atom is 0.205 e. The average Bonchev–Trinajstić information content (AvgIpc) is 2.68. The van der Waals surface area contributed by atoms with Gasteiger partial charge in [-0.1, -0.05) is 6.07 Å². The SMILES string of the molecule is CC(=CC(=O)c1cccc(C(=O)C=C(C)NCCCCO)n1)NCCCCO. The fraction of sp³-hybridized carbons (Fsp3) is 0.476. The molecule has 1 aromatic rings. The third-order valence-electron chi connectivity index (χ3n) is 3.93. The van der Waals surface area contributed by atoms with E-state index < -0.39 is 0 Å². The van der Waals surface area contributed by atoms with Crippen molar-refractivity contribution in [3.8, 4) is 0 Å². The Morgan fingerprint density at radius 2 is 1.29 bits per heavy atom. The third kappa shape index (κ3) is 9.43. The molecule has 1 aromatic heterocycles. The van der Waals surface area contributed by atoms with Crippen LogP contribution in [-0.4, -0.2) is 53.1 Å². The van der Waals surface area contributed by atoms with Crippen LogP contribution in [-0.2, 0) is 0 Å². The third-order valence-corrected chi connectivity index (χ3v) is 3.93. The summed E-state index contributed by atoms with van der Waals surface area (Å²) in [6, 6.07) is 4.81. The highest BCUT2D eigenvalue weighted by atomic mass is 16.3. The van der Waals surface area contributed by atoms with Crippen molar-refractivity contribution in [2.75, 3.05) is 26.3 Å². The number of hydrogen-bond donors (Lipinski definition) is 4. The largest absolute Gasteiger partial charge is 0.396 e. The van der Waals surface area contributed by atoms with Crippen LogP contribution in [0.25, 0.3) is 0 Å². The molecule has 0 atom stereocenters. The van der Waals surface area contributed by atoms with E-state index in [0.717, 1.165) is 12.8 Å². The Labute approximate surface area is 166 Å². The van der Waals surface area contributed by atoms with E-state index in [4.69, 9.17) is 10.2 Å². The average molecular weight is 389 g/mol. The van der Waals surface area contributed by atoms with Gasteiger partial charge in [-0.3, -0.25) is 9.59 Å². The Balaban J connectivity index is 2.69. The number of nitrogens with zero attached hydrogens (tertiary/aromatic N) is 1. The molecular formula is C21H31N3O4. The number of pyridine rings is 1. The van der Waals surface area contributed by atoms with Crippen LogP contribution in [0.2, 0.25) is 0 Å². The lowest BCUT2D eigenvalue weighted by atomic mass is 10.1. The number of carbonyl (C=O) groups is 2. The van der Waals surface area contributed by atoms with Crippen molar-refractivity contribution in [2.45, 2.75) is 39.5 Å². The number of aromatic nitrogens is 1. The molecule has 1 heterocycles. The molecule has 0 amide bonds. The molecule has 0 bridgehead atoms. The van der Waals surface area contributed by atoms with E-state index >= 15 is 0 Å². The molecule has 0 aliphatic heterocycles. The minimum Gasteiger partial charge on any atom is -0.396 e. The standard InChI is InChI=1S/C21H31N3O4/c1-16(22-10-3-5-12-25)14-20(27)18-8-7-9-19(24-18)21(28)15-17(2)23-11-4-6-13-26/h7-9,14-15,22-23,25-26H,3-6,10-13H2,1-2H3. The second-order valence-electron chi connectivity index (χ2n) is 6.51. The monoisotopic (exact) mass is 389 g/mol. The van der Waals surface area contributed by atoms with Crippen molar-refractivity contribution in [3.63, 3.8) is 0 Å². The number of carbonyl (C=O) groups excluding carboxylic acids is 2. The molecule has 154 valence electrons. The fourth-order valence-electron chi connectivity index (χ4n) is 2.40. The molecular weight excluding hydrogens is 358 g/mol. The minimum absolute atomic E-state index is 0.153. The topological polar surface area (TPSA) is 112 Å². The lowest BCUT2D eigenvalue weighted by Gasteiger charge is -2.06. The number of ketones is 2. The van der Waals surface area contributed by atoms with E-state index in [2.05, 4.69) is 15.6 Å². The molecule has 0 saturated heterocycles. The lowest BCUT2D eigenvalue weighted by Crippen LogP contribution is -2.15. The maximum absolute atomic E-state index is 12.4. The molecule has 0 aliphatic carbocycles. The van der Waals surface area contributed by atoms with Gasteiger partial charge >= 0.3 is 0 Å². The number of aliphatic hydroxyl groups is 2. The zero-order valence-electron chi connectivity index (χ0n) is 16.7. The van der Waals surface area contributed by atoms with Gasteiger partial charge in [-0.25, -0.2) is 4.98 Å². The van der Waals surface area contributed by atoms with Gasteiger partial charge in [-0.05, 0) is 51.7 Å². The number of hydrogen-bond acceptors (Lipinski definition) is 7. The first-order valence-electron chi connectivity index (χ1n) is 9.59. The normalized spacial score (nSPS) is 12.0. The van der Waals surface area contributed by atoms with E-state index in [-0.39, 0.29) is 36.2 Å². The Morgan fingerprint density at radius 3 is 1.68 bits per heavy atom. The summed E-state index contributed by atoms with van der Waals surface area (Å²) in [6.07, 6.45) is 5.97. The summed E-state index contributed by atoms with van der Waals surface area (Å²) in [6.45, 7) is 5.25. The fourth-order valence-corrected chi connectivity index (χ4v) is 2.40. The van der Waals surface area contributed by atoms with E-state index in [1.165, 1.54) is 12.2 Å².